The second-order valence-electron chi connectivity index (χ2n) is 5.72. The predicted octanol–water partition coefficient (Wildman–Crippen LogP) is 4.49. The molecule has 0 aromatic carbocycles. The third kappa shape index (κ3) is 3.37. The molecule has 1 aromatic heterocycles. The summed E-state index contributed by atoms with van der Waals surface area (Å²) in [5, 5.41) is 11.1. The Labute approximate surface area is 128 Å². The van der Waals surface area contributed by atoms with Crippen molar-refractivity contribution in [2.24, 2.45) is 5.92 Å². The standard InChI is InChI=1S/C15H21BrN2O2/c1-10-9-17-14(11(2)15(10)18(19)20)8-7-13(16)12-5-3-4-6-12/h9,12-13H,3-8H2,1-2H3. The molecule has 4 nitrogen and oxygen atoms in total. The van der Waals surface area contributed by atoms with Gasteiger partial charge in [-0.1, -0.05) is 28.8 Å². The molecule has 1 atom stereocenters. The monoisotopic (exact) mass is 340 g/mol. The van der Waals surface area contributed by atoms with Crippen LogP contribution in [-0.2, 0) is 6.42 Å². The van der Waals surface area contributed by atoms with Crippen molar-refractivity contribution in [3.8, 4) is 0 Å². The van der Waals surface area contributed by atoms with Crippen molar-refractivity contribution in [1.82, 2.24) is 4.98 Å². The van der Waals surface area contributed by atoms with Crippen molar-refractivity contribution in [3.05, 3.63) is 33.1 Å². The summed E-state index contributed by atoms with van der Waals surface area (Å²) >= 11 is 3.79. The number of halogens is 1. The van der Waals surface area contributed by atoms with Crippen LogP contribution in [0.25, 0.3) is 0 Å². The van der Waals surface area contributed by atoms with Crippen LogP contribution in [0, 0.1) is 29.9 Å². The summed E-state index contributed by atoms with van der Waals surface area (Å²) in [6.45, 7) is 3.56. The van der Waals surface area contributed by atoms with Gasteiger partial charge in [-0.25, -0.2) is 0 Å². The van der Waals surface area contributed by atoms with Crippen molar-refractivity contribution in [2.75, 3.05) is 0 Å². The van der Waals surface area contributed by atoms with Gasteiger partial charge in [-0.2, -0.15) is 0 Å². The van der Waals surface area contributed by atoms with Crippen molar-refractivity contribution in [2.45, 2.75) is 57.2 Å². The maximum absolute atomic E-state index is 11.1. The summed E-state index contributed by atoms with van der Waals surface area (Å²) in [5.74, 6) is 0.760. The van der Waals surface area contributed by atoms with E-state index in [-0.39, 0.29) is 10.6 Å². The van der Waals surface area contributed by atoms with Crippen LogP contribution < -0.4 is 0 Å². The zero-order valence-corrected chi connectivity index (χ0v) is 13.6. The number of aromatic nitrogens is 1. The van der Waals surface area contributed by atoms with E-state index >= 15 is 0 Å². The average molecular weight is 341 g/mol. The molecular formula is C15H21BrN2O2. The van der Waals surface area contributed by atoms with Crippen LogP contribution in [0.3, 0.4) is 0 Å². The third-order valence-corrected chi connectivity index (χ3v) is 5.53. The lowest BCUT2D eigenvalue weighted by Gasteiger charge is -2.17. The molecular weight excluding hydrogens is 320 g/mol. The fraction of sp³-hybridized carbons (Fsp3) is 0.667. The molecule has 1 heterocycles. The van der Waals surface area contributed by atoms with E-state index in [1.807, 2.05) is 6.92 Å². The van der Waals surface area contributed by atoms with E-state index in [9.17, 15) is 10.1 Å². The molecule has 0 saturated heterocycles. The van der Waals surface area contributed by atoms with Gasteiger partial charge in [-0.15, -0.1) is 0 Å². The summed E-state index contributed by atoms with van der Waals surface area (Å²) < 4.78 is 0. The summed E-state index contributed by atoms with van der Waals surface area (Å²) in [6, 6.07) is 0. The number of alkyl halides is 1. The van der Waals surface area contributed by atoms with Gasteiger partial charge in [0.1, 0.15) is 0 Å². The molecule has 20 heavy (non-hydrogen) atoms. The van der Waals surface area contributed by atoms with E-state index in [0.717, 1.165) is 30.0 Å². The van der Waals surface area contributed by atoms with Gasteiger partial charge < -0.3 is 0 Å². The Bertz CT molecular complexity index is 499. The first kappa shape index (κ1) is 15.4. The van der Waals surface area contributed by atoms with Crippen LogP contribution in [0.5, 0.6) is 0 Å². The molecule has 0 N–H and O–H groups in total. The van der Waals surface area contributed by atoms with Crippen molar-refractivity contribution < 1.29 is 4.92 Å². The van der Waals surface area contributed by atoms with Crippen LogP contribution in [0.1, 0.15) is 48.9 Å². The lowest BCUT2D eigenvalue weighted by molar-refractivity contribution is -0.386. The van der Waals surface area contributed by atoms with Gasteiger partial charge in [0.2, 0.25) is 0 Å². The van der Waals surface area contributed by atoms with Gasteiger partial charge in [0, 0.05) is 22.2 Å². The molecule has 1 unspecified atom stereocenters. The second kappa shape index (κ2) is 6.66. The van der Waals surface area contributed by atoms with Crippen LogP contribution >= 0.6 is 15.9 Å². The van der Waals surface area contributed by atoms with E-state index in [0.29, 0.717) is 10.4 Å². The van der Waals surface area contributed by atoms with E-state index < -0.39 is 0 Å². The lowest BCUT2D eigenvalue weighted by Crippen LogP contribution is -2.13. The highest BCUT2D eigenvalue weighted by molar-refractivity contribution is 9.09. The maximum Gasteiger partial charge on any atom is 0.278 e. The van der Waals surface area contributed by atoms with Gasteiger partial charge in [-0.05, 0) is 45.4 Å². The molecule has 0 amide bonds. The quantitative estimate of drug-likeness (QED) is 0.450. The predicted molar refractivity (Wildman–Crippen MR) is 83.4 cm³/mol. The summed E-state index contributed by atoms with van der Waals surface area (Å²) in [5.41, 5.74) is 2.45. The minimum Gasteiger partial charge on any atom is -0.260 e. The smallest absolute Gasteiger partial charge is 0.260 e. The van der Waals surface area contributed by atoms with Crippen LogP contribution in [0.15, 0.2) is 6.20 Å². The highest BCUT2D eigenvalue weighted by Crippen LogP contribution is 2.34. The Kier molecular flexibility index (Phi) is 5.13. The molecule has 0 spiro atoms. The number of hydrogen-bond acceptors (Lipinski definition) is 3. The average Bonchev–Trinajstić information content (AvgIpc) is 2.91. The minimum absolute atomic E-state index is 0.224. The summed E-state index contributed by atoms with van der Waals surface area (Å²) in [7, 11) is 0. The number of hydrogen-bond donors (Lipinski definition) is 0. The van der Waals surface area contributed by atoms with E-state index in [2.05, 4.69) is 20.9 Å². The topological polar surface area (TPSA) is 56.0 Å². The Morgan fingerprint density at radius 3 is 2.70 bits per heavy atom. The van der Waals surface area contributed by atoms with Gasteiger partial charge in [-0.3, -0.25) is 15.1 Å². The Morgan fingerprint density at radius 2 is 2.10 bits per heavy atom. The molecule has 0 bridgehead atoms. The number of aryl methyl sites for hydroxylation is 2. The molecule has 1 fully saturated rings. The highest BCUT2D eigenvalue weighted by Gasteiger charge is 2.24. The Hall–Kier alpha value is -0.970. The molecule has 2 rings (SSSR count). The number of nitrogens with zero attached hydrogens (tertiary/aromatic N) is 2. The Balaban J connectivity index is 2.06. The largest absolute Gasteiger partial charge is 0.278 e. The number of rotatable bonds is 5. The van der Waals surface area contributed by atoms with Gasteiger partial charge in [0.05, 0.1) is 10.6 Å². The first-order valence-corrected chi connectivity index (χ1v) is 8.15. The van der Waals surface area contributed by atoms with Gasteiger partial charge in [0.15, 0.2) is 0 Å². The van der Waals surface area contributed by atoms with Crippen molar-refractivity contribution in [3.63, 3.8) is 0 Å². The third-order valence-electron chi connectivity index (χ3n) is 4.33. The maximum atomic E-state index is 11.1. The van der Waals surface area contributed by atoms with Gasteiger partial charge >= 0.3 is 0 Å². The first-order valence-electron chi connectivity index (χ1n) is 7.24. The van der Waals surface area contributed by atoms with Crippen LogP contribution in [0.4, 0.5) is 5.69 Å². The van der Waals surface area contributed by atoms with Gasteiger partial charge in [0.25, 0.3) is 5.69 Å². The first-order chi connectivity index (χ1) is 9.50. The fourth-order valence-electron chi connectivity index (χ4n) is 3.13. The van der Waals surface area contributed by atoms with E-state index in [1.165, 1.54) is 25.7 Å². The zero-order chi connectivity index (χ0) is 14.7. The molecule has 110 valence electrons. The molecule has 1 aliphatic carbocycles. The van der Waals surface area contributed by atoms with E-state index in [4.69, 9.17) is 0 Å². The molecule has 5 heteroatoms. The van der Waals surface area contributed by atoms with Crippen molar-refractivity contribution in [1.29, 1.82) is 0 Å². The second-order valence-corrected chi connectivity index (χ2v) is 6.89. The Morgan fingerprint density at radius 1 is 1.45 bits per heavy atom. The molecule has 0 aliphatic heterocycles. The van der Waals surface area contributed by atoms with Crippen LogP contribution in [-0.4, -0.2) is 14.7 Å². The molecule has 1 aromatic rings. The summed E-state index contributed by atoms with van der Waals surface area (Å²) in [4.78, 5) is 15.7. The normalized spacial score (nSPS) is 17.4. The number of nitro groups is 1. The SMILES string of the molecule is Cc1cnc(CCC(Br)C2CCCC2)c(C)c1[N+](=O)[O-]. The number of pyridine rings is 1. The summed E-state index contributed by atoms with van der Waals surface area (Å²) in [6.07, 6.45) is 8.70. The van der Waals surface area contributed by atoms with Crippen LogP contribution in [0.2, 0.25) is 0 Å². The molecule has 1 aliphatic rings. The molecule has 0 radical (unpaired) electrons. The minimum atomic E-state index is -0.293. The zero-order valence-electron chi connectivity index (χ0n) is 12.1. The van der Waals surface area contributed by atoms with E-state index in [1.54, 1.807) is 13.1 Å². The lowest BCUT2D eigenvalue weighted by atomic mass is 9.98. The highest BCUT2D eigenvalue weighted by atomic mass is 79.9. The fourth-order valence-corrected chi connectivity index (χ4v) is 3.89. The van der Waals surface area contributed by atoms with Crippen molar-refractivity contribution >= 4 is 21.6 Å². The molecule has 1 saturated carbocycles.